The minimum absolute atomic E-state index is 0.188. The number of rotatable bonds is 3. The molecule has 1 aromatic carbocycles. The van der Waals surface area contributed by atoms with Gasteiger partial charge in [0.2, 0.25) is 0 Å². The molecule has 0 N–H and O–H groups in total. The summed E-state index contributed by atoms with van der Waals surface area (Å²) in [5, 5.41) is 0. The Bertz CT molecular complexity index is 678. The minimum Gasteiger partial charge on any atom is -0.294 e. The maximum absolute atomic E-state index is 14.5. The first-order chi connectivity index (χ1) is 12.7. The van der Waals surface area contributed by atoms with Gasteiger partial charge in [0.1, 0.15) is 5.82 Å². The van der Waals surface area contributed by atoms with Crippen LogP contribution in [-0.2, 0) is 6.18 Å². The van der Waals surface area contributed by atoms with Crippen LogP contribution in [0, 0.1) is 36.4 Å². The Balaban J connectivity index is 1.68. The molecular formula is C22H28F4O. The Labute approximate surface area is 158 Å². The molecule has 1 nitrogen and oxygen atoms in total. The maximum atomic E-state index is 14.5. The Kier molecular flexibility index (Phi) is 5.97. The summed E-state index contributed by atoms with van der Waals surface area (Å²) in [6.07, 6.45) is 3.38. The van der Waals surface area contributed by atoms with Crippen molar-refractivity contribution in [2.45, 2.75) is 71.4 Å². The first-order valence-electron chi connectivity index (χ1n) is 10.1. The second-order valence-corrected chi connectivity index (χ2v) is 8.61. The molecule has 0 heterocycles. The highest BCUT2D eigenvalue weighted by Gasteiger charge is 2.39. The van der Waals surface area contributed by atoms with Crippen LogP contribution in [0.15, 0.2) is 12.1 Å². The average molecular weight is 384 g/mol. The molecule has 150 valence electrons. The molecule has 0 spiro atoms. The van der Waals surface area contributed by atoms with Crippen LogP contribution in [-0.4, -0.2) is 5.78 Å². The van der Waals surface area contributed by atoms with E-state index in [0.717, 1.165) is 18.8 Å². The van der Waals surface area contributed by atoms with Gasteiger partial charge in [0.05, 0.1) is 11.1 Å². The summed E-state index contributed by atoms with van der Waals surface area (Å²) in [5.74, 6) is -0.112. The number of alkyl halides is 3. The molecule has 2 saturated carbocycles. The van der Waals surface area contributed by atoms with E-state index < -0.39 is 28.9 Å². The van der Waals surface area contributed by atoms with Crippen LogP contribution < -0.4 is 0 Å². The molecule has 2 aliphatic carbocycles. The van der Waals surface area contributed by atoms with Crippen molar-refractivity contribution >= 4 is 5.78 Å². The van der Waals surface area contributed by atoms with Crippen LogP contribution in [0.1, 0.15) is 79.8 Å². The second-order valence-electron chi connectivity index (χ2n) is 8.61. The van der Waals surface area contributed by atoms with Crippen LogP contribution in [0.25, 0.3) is 0 Å². The first kappa shape index (κ1) is 20.3. The summed E-state index contributed by atoms with van der Waals surface area (Å²) >= 11 is 0. The molecule has 0 atom stereocenters. The van der Waals surface area contributed by atoms with E-state index in [4.69, 9.17) is 0 Å². The van der Waals surface area contributed by atoms with Gasteiger partial charge in [-0.05, 0) is 74.8 Å². The maximum Gasteiger partial charge on any atom is 0.419 e. The molecule has 0 radical (unpaired) electrons. The summed E-state index contributed by atoms with van der Waals surface area (Å²) in [6.45, 7) is 3.51. The molecule has 27 heavy (non-hydrogen) atoms. The van der Waals surface area contributed by atoms with Crippen molar-refractivity contribution in [3.8, 4) is 0 Å². The van der Waals surface area contributed by atoms with Crippen molar-refractivity contribution in [1.82, 2.24) is 0 Å². The summed E-state index contributed by atoms with van der Waals surface area (Å²) in [7, 11) is 0. The minimum atomic E-state index is -4.79. The van der Waals surface area contributed by atoms with Gasteiger partial charge < -0.3 is 0 Å². The van der Waals surface area contributed by atoms with Crippen molar-refractivity contribution in [1.29, 1.82) is 0 Å². The molecule has 0 saturated heterocycles. The highest BCUT2D eigenvalue weighted by Crippen LogP contribution is 2.42. The summed E-state index contributed by atoms with van der Waals surface area (Å²) in [6, 6.07) is 2.42. The fraction of sp³-hybridized carbons (Fsp3) is 0.682. The van der Waals surface area contributed by atoms with Gasteiger partial charge in [0.25, 0.3) is 0 Å². The summed E-state index contributed by atoms with van der Waals surface area (Å²) < 4.78 is 53.9. The number of Topliss-reactive ketones (excluding diaryl/α,β-unsaturated/α-hetero) is 1. The normalized spacial score (nSPS) is 29.6. The zero-order chi connectivity index (χ0) is 19.8. The van der Waals surface area contributed by atoms with Crippen LogP contribution in [0.3, 0.4) is 0 Å². The van der Waals surface area contributed by atoms with E-state index >= 15 is 0 Å². The van der Waals surface area contributed by atoms with Gasteiger partial charge in [-0.15, -0.1) is 0 Å². The van der Waals surface area contributed by atoms with Crippen LogP contribution in [0.5, 0.6) is 0 Å². The molecule has 0 aromatic heterocycles. The quantitative estimate of drug-likeness (QED) is 0.406. The van der Waals surface area contributed by atoms with Gasteiger partial charge in [0, 0.05) is 5.92 Å². The Morgan fingerprint density at radius 2 is 1.44 bits per heavy atom. The number of carbonyl (C=O) groups is 1. The van der Waals surface area contributed by atoms with Crippen molar-refractivity contribution < 1.29 is 22.4 Å². The summed E-state index contributed by atoms with van der Waals surface area (Å²) in [4.78, 5) is 12.7. The predicted octanol–water partition coefficient (Wildman–Crippen LogP) is 6.97. The highest BCUT2D eigenvalue weighted by molar-refractivity contribution is 5.98. The van der Waals surface area contributed by atoms with E-state index in [1.165, 1.54) is 44.7 Å². The van der Waals surface area contributed by atoms with Crippen molar-refractivity contribution in [3.63, 3.8) is 0 Å². The standard InChI is InChI=1S/C22H28F4O/c1-13-3-6-15(7-4-13)16-8-10-17(11-9-16)21(27)18-12-5-14(2)19(20(18)23)22(24,25)26/h5,12-13,15-17H,3-4,6-11H2,1-2H3. The molecule has 0 bridgehead atoms. The van der Waals surface area contributed by atoms with E-state index in [1.54, 1.807) is 0 Å². The predicted molar refractivity (Wildman–Crippen MR) is 97.0 cm³/mol. The lowest BCUT2D eigenvalue weighted by Gasteiger charge is -2.37. The van der Waals surface area contributed by atoms with Gasteiger partial charge in [-0.1, -0.05) is 25.8 Å². The van der Waals surface area contributed by atoms with Crippen LogP contribution in [0.2, 0.25) is 0 Å². The van der Waals surface area contributed by atoms with Crippen LogP contribution >= 0.6 is 0 Å². The fourth-order valence-corrected chi connectivity index (χ4v) is 5.04. The van der Waals surface area contributed by atoms with Gasteiger partial charge >= 0.3 is 6.18 Å². The van der Waals surface area contributed by atoms with E-state index in [2.05, 4.69) is 6.92 Å². The number of carbonyl (C=O) groups excluding carboxylic acids is 1. The number of halogens is 4. The Morgan fingerprint density at radius 1 is 0.926 bits per heavy atom. The van der Waals surface area contributed by atoms with E-state index in [0.29, 0.717) is 24.7 Å². The SMILES string of the molecule is Cc1ccc(C(=O)C2CCC(C3CCC(C)CC3)CC2)c(F)c1C(F)(F)F. The Morgan fingerprint density at radius 3 is 1.96 bits per heavy atom. The lowest BCUT2D eigenvalue weighted by molar-refractivity contribution is -0.140. The topological polar surface area (TPSA) is 17.1 Å². The molecule has 2 fully saturated rings. The second kappa shape index (κ2) is 7.92. The van der Waals surface area contributed by atoms with E-state index in [-0.39, 0.29) is 11.5 Å². The molecular weight excluding hydrogens is 356 g/mol. The molecule has 1 aromatic rings. The number of ketones is 1. The largest absolute Gasteiger partial charge is 0.419 e. The lowest BCUT2D eigenvalue weighted by Crippen LogP contribution is -2.28. The van der Waals surface area contributed by atoms with Crippen molar-refractivity contribution in [2.75, 3.05) is 0 Å². The zero-order valence-electron chi connectivity index (χ0n) is 16.0. The number of hydrogen-bond donors (Lipinski definition) is 0. The van der Waals surface area contributed by atoms with Gasteiger partial charge in [-0.3, -0.25) is 4.79 Å². The van der Waals surface area contributed by atoms with Gasteiger partial charge in [-0.2, -0.15) is 13.2 Å². The summed E-state index contributed by atoms with van der Waals surface area (Å²) in [5.41, 5.74) is -1.90. The van der Waals surface area contributed by atoms with Gasteiger partial charge in [0.15, 0.2) is 5.78 Å². The molecule has 0 unspecified atom stereocenters. The first-order valence-corrected chi connectivity index (χ1v) is 10.1. The van der Waals surface area contributed by atoms with E-state index in [1.807, 2.05) is 0 Å². The third-order valence-electron chi connectivity index (χ3n) is 6.77. The van der Waals surface area contributed by atoms with Crippen LogP contribution in [0.4, 0.5) is 17.6 Å². The smallest absolute Gasteiger partial charge is 0.294 e. The molecule has 5 heteroatoms. The Hall–Kier alpha value is -1.39. The molecule has 2 aliphatic rings. The fourth-order valence-electron chi connectivity index (χ4n) is 5.04. The molecule has 3 rings (SSSR count). The molecule has 0 amide bonds. The number of hydrogen-bond acceptors (Lipinski definition) is 1. The number of aryl methyl sites for hydroxylation is 1. The third-order valence-corrected chi connectivity index (χ3v) is 6.77. The van der Waals surface area contributed by atoms with Gasteiger partial charge in [-0.25, -0.2) is 4.39 Å². The van der Waals surface area contributed by atoms with Crippen molar-refractivity contribution in [2.24, 2.45) is 23.7 Å². The number of benzene rings is 1. The van der Waals surface area contributed by atoms with Crippen molar-refractivity contribution in [3.05, 3.63) is 34.6 Å². The lowest BCUT2D eigenvalue weighted by atomic mass is 9.68. The highest BCUT2D eigenvalue weighted by atomic mass is 19.4. The monoisotopic (exact) mass is 384 g/mol. The molecule has 0 aliphatic heterocycles. The zero-order valence-corrected chi connectivity index (χ0v) is 16.0. The average Bonchev–Trinajstić information content (AvgIpc) is 2.61. The third kappa shape index (κ3) is 4.38. The van der Waals surface area contributed by atoms with E-state index in [9.17, 15) is 22.4 Å².